The molecule has 0 spiro atoms. The minimum Gasteiger partial charge on any atom is -0.354 e. The van der Waals surface area contributed by atoms with Crippen LogP contribution in [-0.2, 0) is 6.54 Å². The third-order valence-electron chi connectivity index (χ3n) is 2.34. The van der Waals surface area contributed by atoms with Crippen LogP contribution < -0.4 is 16.0 Å². The first kappa shape index (κ1) is 16.4. The number of aromatic nitrogens is 1. The summed E-state index contributed by atoms with van der Waals surface area (Å²) in [4.78, 5) is 10.5. The average molecular weight is 295 g/mol. The Labute approximate surface area is 123 Å². The van der Waals surface area contributed by atoms with Crippen LogP contribution in [0.15, 0.2) is 16.6 Å². The summed E-state index contributed by atoms with van der Waals surface area (Å²) in [7, 11) is 4.00. The van der Waals surface area contributed by atoms with Crippen molar-refractivity contribution >= 4 is 17.3 Å². The van der Waals surface area contributed by atoms with E-state index in [2.05, 4.69) is 30.8 Å². The molecule has 8 heteroatoms. The Kier molecular flexibility index (Phi) is 8.30. The number of hydrogen-bond acceptors (Lipinski definition) is 6. The fraction of sp³-hybridized carbons (Fsp3) is 0.583. The lowest BCUT2D eigenvalue weighted by molar-refractivity contribution is 0.412. The number of nitrogens with one attached hydrogen (secondary N) is 3. The van der Waals surface area contributed by atoms with E-state index in [4.69, 9.17) is 5.26 Å². The summed E-state index contributed by atoms with van der Waals surface area (Å²) in [5.41, 5.74) is 0. The van der Waals surface area contributed by atoms with Gasteiger partial charge in [0.2, 0.25) is 5.96 Å². The summed E-state index contributed by atoms with van der Waals surface area (Å²) in [6.45, 7) is 3.72. The Bertz CT molecular complexity index is 422. The summed E-state index contributed by atoms with van der Waals surface area (Å²) < 4.78 is 0. The topological polar surface area (TPSA) is 88.4 Å². The summed E-state index contributed by atoms with van der Waals surface area (Å²) in [5, 5.41) is 20.6. The molecule has 0 aliphatic carbocycles. The van der Waals surface area contributed by atoms with Gasteiger partial charge in [-0.05, 0) is 14.1 Å². The van der Waals surface area contributed by atoms with Gasteiger partial charge in [0, 0.05) is 37.8 Å². The monoisotopic (exact) mass is 295 g/mol. The molecule has 1 aromatic rings. The molecule has 110 valence electrons. The van der Waals surface area contributed by atoms with Gasteiger partial charge in [0.15, 0.2) is 6.19 Å². The van der Waals surface area contributed by atoms with Crippen molar-refractivity contribution in [2.75, 3.05) is 40.3 Å². The van der Waals surface area contributed by atoms with E-state index in [-0.39, 0.29) is 0 Å². The highest BCUT2D eigenvalue weighted by atomic mass is 32.1. The Balaban J connectivity index is 2.19. The van der Waals surface area contributed by atoms with Crippen LogP contribution in [0.1, 0.15) is 5.01 Å². The van der Waals surface area contributed by atoms with Crippen LogP contribution in [0.3, 0.4) is 0 Å². The second-order valence-corrected chi connectivity index (χ2v) is 5.28. The zero-order valence-corrected chi connectivity index (χ0v) is 12.7. The van der Waals surface area contributed by atoms with Gasteiger partial charge in [-0.1, -0.05) is 0 Å². The maximum atomic E-state index is 8.66. The molecule has 0 fully saturated rings. The standard InChI is InChI=1S/C12H21N7S/c1-19(2)7-5-17-12(18-10-13)16-4-3-14-9-11-15-6-8-20-11/h6,8,14H,3-5,7,9H2,1-2H3,(H2,16,17,18). The van der Waals surface area contributed by atoms with Crippen LogP contribution >= 0.6 is 11.3 Å². The van der Waals surface area contributed by atoms with E-state index in [0.717, 1.165) is 31.2 Å². The molecule has 3 N–H and O–H groups in total. The van der Waals surface area contributed by atoms with Gasteiger partial charge in [-0.25, -0.2) is 4.98 Å². The van der Waals surface area contributed by atoms with Gasteiger partial charge in [-0.2, -0.15) is 5.26 Å². The number of thiazole rings is 1. The molecule has 0 saturated heterocycles. The van der Waals surface area contributed by atoms with Gasteiger partial charge in [-0.15, -0.1) is 11.3 Å². The maximum Gasteiger partial charge on any atom is 0.204 e. The summed E-state index contributed by atoms with van der Waals surface area (Å²) in [6.07, 6.45) is 3.68. The van der Waals surface area contributed by atoms with Crippen LogP contribution in [0.4, 0.5) is 0 Å². The summed E-state index contributed by atoms with van der Waals surface area (Å²) >= 11 is 1.63. The van der Waals surface area contributed by atoms with Crippen LogP contribution in [0, 0.1) is 11.5 Å². The summed E-state index contributed by atoms with van der Waals surface area (Å²) in [5.74, 6) is 0.519. The normalized spacial score (nSPS) is 11.4. The maximum absolute atomic E-state index is 8.66. The average Bonchev–Trinajstić information content (AvgIpc) is 2.91. The highest BCUT2D eigenvalue weighted by molar-refractivity contribution is 7.09. The molecule has 1 aromatic heterocycles. The van der Waals surface area contributed by atoms with E-state index in [9.17, 15) is 0 Å². The van der Waals surface area contributed by atoms with Gasteiger partial charge >= 0.3 is 0 Å². The molecule has 7 nitrogen and oxygen atoms in total. The van der Waals surface area contributed by atoms with Crippen molar-refractivity contribution in [2.45, 2.75) is 6.54 Å². The smallest absolute Gasteiger partial charge is 0.204 e. The first-order chi connectivity index (χ1) is 9.72. The zero-order valence-electron chi connectivity index (χ0n) is 11.9. The zero-order chi connectivity index (χ0) is 14.6. The van der Waals surface area contributed by atoms with Crippen LogP contribution in [0.5, 0.6) is 0 Å². The Morgan fingerprint density at radius 3 is 3.00 bits per heavy atom. The second kappa shape index (κ2) is 10.1. The molecular weight excluding hydrogens is 274 g/mol. The van der Waals surface area contributed by atoms with Gasteiger partial charge in [0.1, 0.15) is 5.01 Å². The van der Waals surface area contributed by atoms with E-state index >= 15 is 0 Å². The molecule has 0 aromatic carbocycles. The largest absolute Gasteiger partial charge is 0.354 e. The molecule has 0 bridgehead atoms. The minimum absolute atomic E-state index is 0.519. The van der Waals surface area contributed by atoms with Crippen LogP contribution in [-0.4, -0.2) is 56.1 Å². The summed E-state index contributed by atoms with van der Waals surface area (Å²) in [6, 6.07) is 0. The molecule has 20 heavy (non-hydrogen) atoms. The molecule has 0 amide bonds. The molecule has 1 heterocycles. The lowest BCUT2D eigenvalue weighted by atomic mass is 10.5. The molecule has 0 unspecified atom stereocenters. The first-order valence-corrected chi connectivity index (χ1v) is 7.27. The molecule has 0 aliphatic heterocycles. The molecular formula is C12H21N7S. The van der Waals surface area contributed by atoms with Crippen molar-refractivity contribution in [1.82, 2.24) is 25.8 Å². The third kappa shape index (κ3) is 7.68. The molecule has 1 rings (SSSR count). The van der Waals surface area contributed by atoms with E-state index in [1.807, 2.05) is 25.7 Å². The second-order valence-electron chi connectivity index (χ2n) is 4.30. The van der Waals surface area contributed by atoms with E-state index < -0.39 is 0 Å². The lowest BCUT2D eigenvalue weighted by Crippen LogP contribution is -2.39. The number of guanidine groups is 1. The van der Waals surface area contributed by atoms with Crippen molar-refractivity contribution in [3.8, 4) is 6.19 Å². The lowest BCUT2D eigenvalue weighted by Gasteiger charge is -2.12. The predicted molar refractivity (Wildman–Crippen MR) is 81.4 cm³/mol. The Hall–Kier alpha value is -1.69. The number of aliphatic imine (C=N–C) groups is 1. The Morgan fingerprint density at radius 2 is 2.35 bits per heavy atom. The van der Waals surface area contributed by atoms with Crippen LogP contribution in [0.2, 0.25) is 0 Å². The number of nitrogens with zero attached hydrogens (tertiary/aromatic N) is 4. The van der Waals surface area contributed by atoms with Crippen molar-refractivity contribution in [2.24, 2.45) is 4.99 Å². The molecule has 0 radical (unpaired) electrons. The molecule has 0 aliphatic rings. The number of hydrogen-bond donors (Lipinski definition) is 3. The van der Waals surface area contributed by atoms with Crippen LogP contribution in [0.25, 0.3) is 0 Å². The highest BCUT2D eigenvalue weighted by Crippen LogP contribution is 2.01. The minimum atomic E-state index is 0.519. The predicted octanol–water partition coefficient (Wildman–Crippen LogP) is -0.189. The van der Waals surface area contributed by atoms with E-state index in [1.165, 1.54) is 0 Å². The Morgan fingerprint density at radius 1 is 1.50 bits per heavy atom. The SMILES string of the molecule is CN(C)CCN/C(=N/CCNCc1nccs1)NC#N. The van der Waals surface area contributed by atoms with E-state index in [0.29, 0.717) is 12.5 Å². The fourth-order valence-electron chi connectivity index (χ4n) is 1.37. The van der Waals surface area contributed by atoms with Gasteiger partial charge in [0.25, 0.3) is 0 Å². The van der Waals surface area contributed by atoms with E-state index in [1.54, 1.807) is 17.5 Å². The van der Waals surface area contributed by atoms with Crippen molar-refractivity contribution in [3.05, 3.63) is 16.6 Å². The van der Waals surface area contributed by atoms with Gasteiger partial charge in [0.05, 0.1) is 6.54 Å². The van der Waals surface area contributed by atoms with Crippen molar-refractivity contribution in [1.29, 1.82) is 5.26 Å². The number of likely N-dealkylation sites (N-methyl/N-ethyl adjacent to an activating group) is 1. The van der Waals surface area contributed by atoms with Gasteiger partial charge in [-0.3, -0.25) is 10.3 Å². The molecule has 0 saturated carbocycles. The number of rotatable bonds is 8. The number of nitriles is 1. The van der Waals surface area contributed by atoms with Crippen molar-refractivity contribution < 1.29 is 0 Å². The third-order valence-corrected chi connectivity index (χ3v) is 3.12. The van der Waals surface area contributed by atoms with Crippen molar-refractivity contribution in [3.63, 3.8) is 0 Å². The molecule has 0 atom stereocenters. The highest BCUT2D eigenvalue weighted by Gasteiger charge is 1.98. The van der Waals surface area contributed by atoms with Gasteiger partial charge < -0.3 is 15.5 Å². The quantitative estimate of drug-likeness (QED) is 0.203. The first-order valence-electron chi connectivity index (χ1n) is 6.39. The fourth-order valence-corrected chi connectivity index (χ4v) is 1.96.